The molecule has 0 spiro atoms. The summed E-state index contributed by atoms with van der Waals surface area (Å²) in [4.78, 5) is 25.7. The van der Waals surface area contributed by atoms with Crippen molar-refractivity contribution in [3.63, 3.8) is 0 Å². The number of amides is 2. The van der Waals surface area contributed by atoms with E-state index >= 15 is 0 Å². The lowest BCUT2D eigenvalue weighted by Crippen LogP contribution is -2.37. The monoisotopic (exact) mass is 374 g/mol. The molecule has 1 N–H and O–H groups in total. The van der Waals surface area contributed by atoms with Gasteiger partial charge < -0.3 is 15.0 Å². The second kappa shape index (κ2) is 9.25. The van der Waals surface area contributed by atoms with Crippen molar-refractivity contribution in [2.45, 2.75) is 26.9 Å². The molecule has 0 saturated carbocycles. The standard InChI is InChI=1S/C20H23ClN2O3/c1-14(2)26-19-9-7-18(8-10-19)23(15(3)24)12-11-22-20(25)16-5-4-6-17(21)13-16/h4-10,13-14H,11-12H2,1-3H3,(H,22,25). The van der Waals surface area contributed by atoms with E-state index in [0.717, 1.165) is 11.4 Å². The number of anilines is 1. The van der Waals surface area contributed by atoms with Crippen molar-refractivity contribution in [2.75, 3.05) is 18.0 Å². The van der Waals surface area contributed by atoms with Crippen LogP contribution in [0.25, 0.3) is 0 Å². The van der Waals surface area contributed by atoms with Crippen molar-refractivity contribution >= 4 is 29.1 Å². The molecule has 0 aliphatic carbocycles. The van der Waals surface area contributed by atoms with E-state index < -0.39 is 0 Å². The van der Waals surface area contributed by atoms with Gasteiger partial charge in [-0.3, -0.25) is 9.59 Å². The summed E-state index contributed by atoms with van der Waals surface area (Å²) < 4.78 is 5.61. The minimum atomic E-state index is -0.225. The zero-order valence-corrected chi connectivity index (χ0v) is 15.9. The van der Waals surface area contributed by atoms with E-state index in [1.807, 2.05) is 38.1 Å². The number of carbonyl (C=O) groups excluding carboxylic acids is 2. The van der Waals surface area contributed by atoms with Crippen molar-refractivity contribution in [1.29, 1.82) is 0 Å². The van der Waals surface area contributed by atoms with Gasteiger partial charge in [-0.25, -0.2) is 0 Å². The Bertz CT molecular complexity index is 760. The molecular weight excluding hydrogens is 352 g/mol. The smallest absolute Gasteiger partial charge is 0.251 e. The molecular formula is C20H23ClN2O3. The number of hydrogen-bond donors (Lipinski definition) is 1. The summed E-state index contributed by atoms with van der Waals surface area (Å²) in [5.74, 6) is 0.428. The summed E-state index contributed by atoms with van der Waals surface area (Å²) in [6.45, 7) is 6.11. The highest BCUT2D eigenvalue weighted by molar-refractivity contribution is 6.30. The maximum Gasteiger partial charge on any atom is 0.251 e. The van der Waals surface area contributed by atoms with Gasteiger partial charge in [-0.2, -0.15) is 0 Å². The van der Waals surface area contributed by atoms with Crippen molar-refractivity contribution in [1.82, 2.24) is 5.32 Å². The summed E-state index contributed by atoms with van der Waals surface area (Å²) in [5.41, 5.74) is 1.24. The van der Waals surface area contributed by atoms with Crippen molar-refractivity contribution in [2.24, 2.45) is 0 Å². The van der Waals surface area contributed by atoms with Crippen molar-refractivity contribution in [3.05, 3.63) is 59.1 Å². The fourth-order valence-corrected chi connectivity index (χ4v) is 2.65. The Labute approximate surface area is 158 Å². The van der Waals surface area contributed by atoms with Gasteiger partial charge in [-0.05, 0) is 56.3 Å². The van der Waals surface area contributed by atoms with Gasteiger partial charge in [-0.15, -0.1) is 0 Å². The number of nitrogens with one attached hydrogen (secondary N) is 1. The Hall–Kier alpha value is -2.53. The molecule has 0 radical (unpaired) electrons. The normalized spacial score (nSPS) is 10.5. The zero-order valence-electron chi connectivity index (χ0n) is 15.2. The molecule has 0 heterocycles. The van der Waals surface area contributed by atoms with Gasteiger partial charge >= 0.3 is 0 Å². The summed E-state index contributed by atoms with van der Waals surface area (Å²) >= 11 is 5.90. The fraction of sp³-hybridized carbons (Fsp3) is 0.300. The number of ether oxygens (including phenoxy) is 1. The molecule has 2 amide bonds. The third kappa shape index (κ3) is 5.77. The average molecular weight is 375 g/mol. The number of nitrogens with zero attached hydrogens (tertiary/aromatic N) is 1. The van der Waals surface area contributed by atoms with Crippen LogP contribution < -0.4 is 15.0 Å². The molecule has 0 aromatic heterocycles. The zero-order chi connectivity index (χ0) is 19.1. The molecule has 26 heavy (non-hydrogen) atoms. The maximum absolute atomic E-state index is 12.1. The van der Waals surface area contributed by atoms with Crippen LogP contribution in [0.1, 0.15) is 31.1 Å². The van der Waals surface area contributed by atoms with Crippen LogP contribution in [0.4, 0.5) is 5.69 Å². The lowest BCUT2D eigenvalue weighted by Gasteiger charge is -2.22. The first-order valence-electron chi connectivity index (χ1n) is 8.45. The third-order valence-electron chi connectivity index (χ3n) is 3.61. The number of hydrogen-bond acceptors (Lipinski definition) is 3. The minimum absolute atomic E-state index is 0.0893. The molecule has 6 heteroatoms. The largest absolute Gasteiger partial charge is 0.491 e. The van der Waals surface area contributed by atoms with Gasteiger partial charge in [0.1, 0.15) is 5.75 Å². The van der Waals surface area contributed by atoms with Gasteiger partial charge in [0.05, 0.1) is 6.10 Å². The van der Waals surface area contributed by atoms with E-state index in [9.17, 15) is 9.59 Å². The fourth-order valence-electron chi connectivity index (χ4n) is 2.46. The molecule has 0 aliphatic rings. The van der Waals surface area contributed by atoms with Gasteiger partial charge in [0.25, 0.3) is 5.91 Å². The van der Waals surface area contributed by atoms with Crippen LogP contribution >= 0.6 is 11.6 Å². The number of rotatable bonds is 7. The Kier molecular flexibility index (Phi) is 7.04. The summed E-state index contributed by atoms with van der Waals surface area (Å²) in [5, 5.41) is 3.31. The molecule has 138 valence electrons. The van der Waals surface area contributed by atoms with E-state index in [2.05, 4.69) is 5.32 Å². The second-order valence-corrected chi connectivity index (χ2v) is 6.53. The molecule has 2 rings (SSSR count). The average Bonchev–Trinajstić information content (AvgIpc) is 2.58. The first kappa shape index (κ1) is 19.8. The van der Waals surface area contributed by atoms with E-state index in [1.54, 1.807) is 29.2 Å². The summed E-state index contributed by atoms with van der Waals surface area (Å²) in [7, 11) is 0. The predicted molar refractivity (Wildman–Crippen MR) is 104 cm³/mol. The SMILES string of the molecule is CC(=O)N(CCNC(=O)c1cccc(Cl)c1)c1ccc(OC(C)C)cc1. The number of benzene rings is 2. The van der Waals surface area contributed by atoms with Crippen LogP contribution in [0.2, 0.25) is 5.02 Å². The Morgan fingerprint density at radius 1 is 1.15 bits per heavy atom. The van der Waals surface area contributed by atoms with Crippen molar-refractivity contribution in [3.8, 4) is 5.75 Å². The van der Waals surface area contributed by atoms with E-state index in [1.165, 1.54) is 6.92 Å². The van der Waals surface area contributed by atoms with E-state index in [-0.39, 0.29) is 17.9 Å². The molecule has 0 unspecified atom stereocenters. The summed E-state index contributed by atoms with van der Waals surface area (Å²) in [6.07, 6.45) is 0.0893. The molecule has 0 atom stereocenters. The molecule has 2 aromatic rings. The van der Waals surface area contributed by atoms with Crippen LogP contribution in [-0.4, -0.2) is 31.0 Å². The highest BCUT2D eigenvalue weighted by Crippen LogP contribution is 2.20. The number of halogens is 1. The quantitative estimate of drug-likeness (QED) is 0.799. The lowest BCUT2D eigenvalue weighted by molar-refractivity contribution is -0.116. The summed E-state index contributed by atoms with van der Waals surface area (Å²) in [6, 6.07) is 14.0. The molecule has 5 nitrogen and oxygen atoms in total. The Morgan fingerprint density at radius 2 is 1.85 bits per heavy atom. The molecule has 0 fully saturated rings. The lowest BCUT2D eigenvalue weighted by atomic mass is 10.2. The van der Waals surface area contributed by atoms with Crippen LogP contribution in [0, 0.1) is 0 Å². The van der Waals surface area contributed by atoms with Crippen LogP contribution in [0.5, 0.6) is 5.75 Å². The molecule has 2 aromatic carbocycles. The molecule has 0 saturated heterocycles. The highest BCUT2D eigenvalue weighted by Gasteiger charge is 2.13. The van der Waals surface area contributed by atoms with E-state index in [4.69, 9.17) is 16.3 Å². The van der Waals surface area contributed by atoms with Gasteiger partial charge in [0.15, 0.2) is 0 Å². The topological polar surface area (TPSA) is 58.6 Å². The predicted octanol–water partition coefficient (Wildman–Crippen LogP) is 3.91. The van der Waals surface area contributed by atoms with Crippen LogP contribution in [0.15, 0.2) is 48.5 Å². The van der Waals surface area contributed by atoms with Gasteiger partial charge in [-0.1, -0.05) is 17.7 Å². The maximum atomic E-state index is 12.1. The second-order valence-electron chi connectivity index (χ2n) is 6.10. The van der Waals surface area contributed by atoms with Crippen LogP contribution in [0.3, 0.4) is 0 Å². The Morgan fingerprint density at radius 3 is 2.42 bits per heavy atom. The third-order valence-corrected chi connectivity index (χ3v) is 3.84. The molecule has 0 bridgehead atoms. The first-order chi connectivity index (χ1) is 12.4. The Balaban J connectivity index is 1.96. The minimum Gasteiger partial charge on any atom is -0.491 e. The van der Waals surface area contributed by atoms with Gasteiger partial charge in [0, 0.05) is 36.3 Å². The highest BCUT2D eigenvalue weighted by atomic mass is 35.5. The molecule has 0 aliphatic heterocycles. The van der Waals surface area contributed by atoms with Crippen molar-refractivity contribution < 1.29 is 14.3 Å². The van der Waals surface area contributed by atoms with Gasteiger partial charge in [0.2, 0.25) is 5.91 Å². The van der Waals surface area contributed by atoms with Crippen LogP contribution in [-0.2, 0) is 4.79 Å². The number of carbonyl (C=O) groups is 2. The first-order valence-corrected chi connectivity index (χ1v) is 8.83. The van der Waals surface area contributed by atoms with E-state index in [0.29, 0.717) is 23.7 Å².